The average molecular weight is 263 g/mol. The van der Waals surface area contributed by atoms with E-state index in [2.05, 4.69) is 17.4 Å². The quantitative estimate of drug-likeness (QED) is 0.393. The molecule has 5 heteroatoms. The summed E-state index contributed by atoms with van der Waals surface area (Å²) in [4.78, 5) is 16.8. The van der Waals surface area contributed by atoms with E-state index in [1.807, 2.05) is 25.1 Å². The zero-order valence-corrected chi connectivity index (χ0v) is 11.5. The predicted molar refractivity (Wildman–Crippen MR) is 76.2 cm³/mol. The van der Waals surface area contributed by atoms with Gasteiger partial charge in [-0.3, -0.25) is 15.1 Å². The number of amides is 1. The summed E-state index contributed by atoms with van der Waals surface area (Å²) in [5.74, 6) is -0.0485. The molecule has 0 aliphatic carbocycles. The van der Waals surface area contributed by atoms with E-state index in [1.54, 1.807) is 6.92 Å². The fraction of sp³-hybridized carbons (Fsp3) is 0.357. The summed E-state index contributed by atoms with van der Waals surface area (Å²) in [6.07, 6.45) is 0.324. The molecule has 104 valence electrons. The van der Waals surface area contributed by atoms with Crippen molar-refractivity contribution >= 4 is 11.6 Å². The third kappa shape index (κ3) is 5.92. The highest BCUT2D eigenvalue weighted by Gasteiger charge is 2.05. The molecule has 0 saturated heterocycles. The summed E-state index contributed by atoms with van der Waals surface area (Å²) in [7, 11) is 0. The number of hydroxylamine groups is 1. The van der Waals surface area contributed by atoms with Crippen LogP contribution < -0.4 is 16.5 Å². The molecule has 0 aromatic heterocycles. The highest BCUT2D eigenvalue weighted by atomic mass is 16.6. The number of rotatable bonds is 7. The zero-order chi connectivity index (χ0) is 14.3. The standard InChI is InChI=1S/C14H21N3O2/c1-10(2)17-19-7-6-16-14(18)9-12-8-13(15)5-4-11(12)3/h4-5,8,17H,1,6-7,9,15H2,2-3H3,(H,16,18). The molecule has 0 saturated carbocycles. The van der Waals surface area contributed by atoms with Crippen LogP contribution >= 0.6 is 0 Å². The van der Waals surface area contributed by atoms with Crippen molar-refractivity contribution in [2.24, 2.45) is 0 Å². The molecule has 19 heavy (non-hydrogen) atoms. The largest absolute Gasteiger partial charge is 0.399 e. The molecule has 4 N–H and O–H groups in total. The molecule has 0 bridgehead atoms. The summed E-state index contributed by atoms with van der Waals surface area (Å²) < 4.78 is 0. The maximum atomic E-state index is 11.7. The second kappa shape index (κ2) is 7.43. The molecule has 0 radical (unpaired) electrons. The number of nitrogen functional groups attached to an aromatic ring is 1. The van der Waals surface area contributed by atoms with Gasteiger partial charge in [-0.25, -0.2) is 0 Å². The van der Waals surface area contributed by atoms with Gasteiger partial charge in [0.1, 0.15) is 0 Å². The van der Waals surface area contributed by atoms with Crippen molar-refractivity contribution in [3.63, 3.8) is 0 Å². The fourth-order valence-electron chi connectivity index (χ4n) is 1.53. The van der Waals surface area contributed by atoms with Crippen LogP contribution in [0.4, 0.5) is 5.69 Å². The average Bonchev–Trinajstić information content (AvgIpc) is 2.33. The number of allylic oxidation sites excluding steroid dienone is 1. The van der Waals surface area contributed by atoms with Crippen molar-refractivity contribution in [3.05, 3.63) is 41.6 Å². The van der Waals surface area contributed by atoms with Gasteiger partial charge >= 0.3 is 0 Å². The van der Waals surface area contributed by atoms with Gasteiger partial charge in [0.15, 0.2) is 0 Å². The highest BCUT2D eigenvalue weighted by Crippen LogP contribution is 2.12. The van der Waals surface area contributed by atoms with Crippen LogP contribution in [0.15, 0.2) is 30.5 Å². The molecule has 5 nitrogen and oxygen atoms in total. The fourth-order valence-corrected chi connectivity index (χ4v) is 1.53. The Hall–Kier alpha value is -2.01. The molecule has 0 spiro atoms. The van der Waals surface area contributed by atoms with Crippen molar-refractivity contribution in [2.45, 2.75) is 20.3 Å². The molecular weight excluding hydrogens is 242 g/mol. The van der Waals surface area contributed by atoms with Crippen LogP contribution in [-0.4, -0.2) is 19.1 Å². The molecule has 0 fully saturated rings. The first-order valence-electron chi connectivity index (χ1n) is 6.14. The van der Waals surface area contributed by atoms with E-state index in [-0.39, 0.29) is 5.91 Å². The minimum absolute atomic E-state index is 0.0485. The van der Waals surface area contributed by atoms with Gasteiger partial charge in [-0.15, -0.1) is 0 Å². The van der Waals surface area contributed by atoms with Crippen LogP contribution in [0.1, 0.15) is 18.1 Å². The van der Waals surface area contributed by atoms with Gasteiger partial charge in [-0.05, 0) is 37.1 Å². The molecule has 1 rings (SSSR count). The Balaban J connectivity index is 2.31. The Bertz CT molecular complexity index is 458. The summed E-state index contributed by atoms with van der Waals surface area (Å²) in [6, 6.07) is 5.57. The van der Waals surface area contributed by atoms with Crippen LogP contribution in [0, 0.1) is 6.92 Å². The summed E-state index contributed by atoms with van der Waals surface area (Å²) >= 11 is 0. The Kier molecular flexibility index (Phi) is 5.89. The number of benzene rings is 1. The number of nitrogens with two attached hydrogens (primary N) is 1. The number of nitrogens with one attached hydrogen (secondary N) is 2. The molecule has 1 aromatic carbocycles. The number of hydrogen-bond donors (Lipinski definition) is 3. The summed E-state index contributed by atoms with van der Waals surface area (Å²) in [5.41, 5.74) is 11.7. The number of carbonyl (C=O) groups excluding carboxylic acids is 1. The Morgan fingerprint density at radius 1 is 1.47 bits per heavy atom. The van der Waals surface area contributed by atoms with Crippen LogP contribution in [0.25, 0.3) is 0 Å². The normalized spacial score (nSPS) is 10.0. The van der Waals surface area contributed by atoms with Gasteiger partial charge in [0.05, 0.1) is 13.0 Å². The van der Waals surface area contributed by atoms with Crippen LogP contribution in [0.5, 0.6) is 0 Å². The smallest absolute Gasteiger partial charge is 0.224 e. The van der Waals surface area contributed by atoms with Crippen LogP contribution in [0.3, 0.4) is 0 Å². The molecule has 1 aromatic rings. The lowest BCUT2D eigenvalue weighted by atomic mass is 10.0. The maximum Gasteiger partial charge on any atom is 0.224 e. The van der Waals surface area contributed by atoms with Crippen molar-refractivity contribution in [3.8, 4) is 0 Å². The van der Waals surface area contributed by atoms with E-state index in [0.29, 0.717) is 25.3 Å². The van der Waals surface area contributed by atoms with E-state index >= 15 is 0 Å². The van der Waals surface area contributed by atoms with Crippen molar-refractivity contribution in [1.29, 1.82) is 0 Å². The summed E-state index contributed by atoms with van der Waals surface area (Å²) in [5, 5.41) is 2.78. The zero-order valence-electron chi connectivity index (χ0n) is 11.5. The van der Waals surface area contributed by atoms with Gasteiger partial charge in [-0.1, -0.05) is 12.6 Å². The predicted octanol–water partition coefficient (Wildman–Crippen LogP) is 1.29. The van der Waals surface area contributed by atoms with Crippen molar-refractivity contribution in [1.82, 2.24) is 10.8 Å². The molecule has 0 atom stereocenters. The van der Waals surface area contributed by atoms with E-state index in [4.69, 9.17) is 10.6 Å². The first kappa shape index (κ1) is 15.0. The lowest BCUT2D eigenvalue weighted by Crippen LogP contribution is -2.30. The van der Waals surface area contributed by atoms with Crippen LogP contribution in [-0.2, 0) is 16.1 Å². The van der Waals surface area contributed by atoms with E-state index in [1.165, 1.54) is 0 Å². The Morgan fingerprint density at radius 2 is 2.21 bits per heavy atom. The topological polar surface area (TPSA) is 76.4 Å². The second-order valence-electron chi connectivity index (χ2n) is 4.44. The highest BCUT2D eigenvalue weighted by molar-refractivity contribution is 5.79. The first-order valence-corrected chi connectivity index (χ1v) is 6.14. The Labute approximate surface area is 113 Å². The van der Waals surface area contributed by atoms with Crippen LogP contribution in [0.2, 0.25) is 0 Å². The maximum absolute atomic E-state index is 11.7. The minimum Gasteiger partial charge on any atom is -0.399 e. The number of carbonyl (C=O) groups is 1. The number of aryl methyl sites for hydroxylation is 1. The molecule has 0 aliphatic rings. The minimum atomic E-state index is -0.0485. The van der Waals surface area contributed by atoms with Crippen molar-refractivity contribution < 1.29 is 9.63 Å². The van der Waals surface area contributed by atoms with E-state index in [9.17, 15) is 4.79 Å². The van der Waals surface area contributed by atoms with Gasteiger partial charge < -0.3 is 11.1 Å². The molecule has 0 heterocycles. The SMILES string of the molecule is C=C(C)NOCCNC(=O)Cc1cc(N)ccc1C. The number of hydrogen-bond acceptors (Lipinski definition) is 4. The lowest BCUT2D eigenvalue weighted by Gasteiger charge is -2.09. The molecule has 0 unspecified atom stereocenters. The van der Waals surface area contributed by atoms with E-state index in [0.717, 1.165) is 16.8 Å². The lowest BCUT2D eigenvalue weighted by molar-refractivity contribution is -0.120. The van der Waals surface area contributed by atoms with Gasteiger partial charge in [0.2, 0.25) is 5.91 Å². The van der Waals surface area contributed by atoms with Gasteiger partial charge in [-0.2, -0.15) is 0 Å². The third-order valence-electron chi connectivity index (χ3n) is 2.50. The Morgan fingerprint density at radius 3 is 2.89 bits per heavy atom. The molecule has 1 amide bonds. The first-order chi connectivity index (χ1) is 8.99. The molecule has 0 aliphatic heterocycles. The second-order valence-corrected chi connectivity index (χ2v) is 4.44. The number of anilines is 1. The third-order valence-corrected chi connectivity index (χ3v) is 2.50. The monoisotopic (exact) mass is 263 g/mol. The summed E-state index contributed by atoms with van der Waals surface area (Å²) in [6.45, 7) is 8.21. The van der Waals surface area contributed by atoms with E-state index < -0.39 is 0 Å². The molecular formula is C14H21N3O2. The van der Waals surface area contributed by atoms with Gasteiger partial charge in [0, 0.05) is 17.9 Å². The van der Waals surface area contributed by atoms with Gasteiger partial charge in [0.25, 0.3) is 0 Å². The van der Waals surface area contributed by atoms with Crippen molar-refractivity contribution in [2.75, 3.05) is 18.9 Å².